The Hall–Kier alpha value is -1.60. The number of rotatable bonds is 7. The number of carbonyl (C=O) groups is 1. The fourth-order valence-electron chi connectivity index (χ4n) is 1.89. The lowest BCUT2D eigenvalue weighted by Crippen LogP contribution is -2.31. The van der Waals surface area contributed by atoms with Crippen LogP contribution in [0.15, 0.2) is 34.7 Å². The van der Waals surface area contributed by atoms with Crippen LogP contribution in [0.4, 0.5) is 5.13 Å². The van der Waals surface area contributed by atoms with Gasteiger partial charge >= 0.3 is 0 Å². The lowest BCUT2D eigenvalue weighted by Gasteiger charge is -2.25. The van der Waals surface area contributed by atoms with Gasteiger partial charge in [-0.3, -0.25) is 4.79 Å². The minimum Gasteiger partial charge on any atom is -0.360 e. The van der Waals surface area contributed by atoms with Crippen LogP contribution in [0.25, 0.3) is 0 Å². The van der Waals surface area contributed by atoms with Crippen molar-refractivity contribution in [3.63, 3.8) is 0 Å². The molecule has 0 fully saturated rings. The predicted molar refractivity (Wildman–Crippen MR) is 92.4 cm³/mol. The maximum atomic E-state index is 12.3. The molecule has 0 aliphatic carbocycles. The summed E-state index contributed by atoms with van der Waals surface area (Å²) in [6.07, 6.45) is 0. The molecule has 0 saturated carbocycles. The summed E-state index contributed by atoms with van der Waals surface area (Å²) in [5.41, 5.74) is 1.13. The number of nitrogens with one attached hydrogen (secondary N) is 1. The Morgan fingerprint density at radius 2 is 2.09 bits per heavy atom. The number of nitrogens with zero attached hydrogens (tertiary/aromatic N) is 3. The fraction of sp³-hybridized carbons (Fsp3) is 0.400. The van der Waals surface area contributed by atoms with E-state index in [2.05, 4.69) is 15.5 Å². The molecule has 0 bridgehead atoms. The molecular weight excluding hydrogens is 316 g/mol. The summed E-state index contributed by atoms with van der Waals surface area (Å²) in [5.74, 6) is 0.454. The summed E-state index contributed by atoms with van der Waals surface area (Å²) in [6, 6.07) is 10.1. The third kappa shape index (κ3) is 4.45. The molecule has 2 aromatic rings. The van der Waals surface area contributed by atoms with E-state index >= 15 is 0 Å². The zero-order valence-corrected chi connectivity index (χ0v) is 14.6. The predicted octanol–water partition coefficient (Wildman–Crippen LogP) is 3.28. The molecule has 1 heterocycles. The molecule has 0 aliphatic rings. The summed E-state index contributed by atoms with van der Waals surface area (Å²) in [6.45, 7) is 4.86. The molecule has 1 N–H and O–H groups in total. The first kappa shape index (κ1) is 16.8. The number of hydrogen-bond donors (Lipinski definition) is 1. The number of amides is 1. The van der Waals surface area contributed by atoms with Crippen LogP contribution in [0.3, 0.4) is 0 Å². The molecule has 7 heteroatoms. The van der Waals surface area contributed by atoms with Gasteiger partial charge in [0.05, 0.1) is 11.8 Å². The van der Waals surface area contributed by atoms with Gasteiger partial charge in [0.25, 0.3) is 0 Å². The van der Waals surface area contributed by atoms with E-state index in [1.807, 2.05) is 51.2 Å². The van der Waals surface area contributed by atoms with Gasteiger partial charge in [-0.15, -0.1) is 10.2 Å². The minimum atomic E-state index is 0.0565. The standard InChI is InChI=1S/C15H20N4OS2/c1-4-16-14-17-18-15(22-14)21-10-13(20)19(3)11(2)12-8-6-5-7-9-12/h5-9,11H,4,10H2,1-3H3,(H,16,17)/t11-/m0/s1. The van der Waals surface area contributed by atoms with Crippen molar-refractivity contribution in [1.29, 1.82) is 0 Å². The maximum Gasteiger partial charge on any atom is 0.233 e. The highest BCUT2D eigenvalue weighted by atomic mass is 32.2. The molecule has 1 amide bonds. The fourth-order valence-corrected chi connectivity index (χ4v) is 3.63. The van der Waals surface area contributed by atoms with Crippen molar-refractivity contribution in [2.75, 3.05) is 24.7 Å². The first-order valence-corrected chi connectivity index (χ1v) is 8.92. The molecule has 0 saturated heterocycles. The monoisotopic (exact) mass is 336 g/mol. The highest BCUT2D eigenvalue weighted by molar-refractivity contribution is 8.01. The molecule has 118 valence electrons. The molecule has 22 heavy (non-hydrogen) atoms. The smallest absolute Gasteiger partial charge is 0.233 e. The molecule has 0 unspecified atom stereocenters. The second-order valence-corrected chi connectivity index (χ2v) is 6.98. The van der Waals surface area contributed by atoms with Crippen molar-refractivity contribution in [2.24, 2.45) is 0 Å². The number of anilines is 1. The summed E-state index contributed by atoms with van der Waals surface area (Å²) < 4.78 is 0.810. The third-order valence-electron chi connectivity index (χ3n) is 3.31. The molecule has 0 radical (unpaired) electrons. The Kier molecular flexibility index (Phi) is 6.21. The average Bonchev–Trinajstić information content (AvgIpc) is 3.00. The van der Waals surface area contributed by atoms with Crippen LogP contribution in [0, 0.1) is 0 Å². The average molecular weight is 336 g/mol. The Balaban J connectivity index is 1.88. The third-order valence-corrected chi connectivity index (χ3v) is 5.31. The molecule has 0 spiro atoms. The summed E-state index contributed by atoms with van der Waals surface area (Å²) in [5, 5.41) is 12.0. The van der Waals surface area contributed by atoms with E-state index in [0.29, 0.717) is 5.75 Å². The van der Waals surface area contributed by atoms with Crippen LogP contribution in [0.2, 0.25) is 0 Å². The zero-order chi connectivity index (χ0) is 15.9. The van der Waals surface area contributed by atoms with Crippen molar-refractivity contribution in [2.45, 2.75) is 24.2 Å². The van der Waals surface area contributed by atoms with Gasteiger partial charge in [-0.1, -0.05) is 53.4 Å². The van der Waals surface area contributed by atoms with E-state index in [1.165, 1.54) is 23.1 Å². The van der Waals surface area contributed by atoms with Gasteiger partial charge in [-0.05, 0) is 19.4 Å². The molecule has 5 nitrogen and oxygen atoms in total. The van der Waals surface area contributed by atoms with E-state index in [1.54, 1.807) is 4.90 Å². The second kappa shape index (κ2) is 8.14. The van der Waals surface area contributed by atoms with Crippen molar-refractivity contribution in [1.82, 2.24) is 15.1 Å². The first-order chi connectivity index (χ1) is 10.6. The molecule has 2 rings (SSSR count). The van der Waals surface area contributed by atoms with Gasteiger partial charge in [0.2, 0.25) is 11.0 Å². The lowest BCUT2D eigenvalue weighted by atomic mass is 10.1. The minimum absolute atomic E-state index is 0.0565. The maximum absolute atomic E-state index is 12.3. The Morgan fingerprint density at radius 3 is 2.77 bits per heavy atom. The zero-order valence-electron chi connectivity index (χ0n) is 12.9. The summed E-state index contributed by atoms with van der Waals surface area (Å²) >= 11 is 2.90. The molecule has 1 aromatic heterocycles. The van der Waals surface area contributed by atoms with Crippen LogP contribution >= 0.6 is 23.1 Å². The van der Waals surface area contributed by atoms with E-state index in [9.17, 15) is 4.79 Å². The Bertz CT molecular complexity index is 603. The van der Waals surface area contributed by atoms with Crippen molar-refractivity contribution in [3.05, 3.63) is 35.9 Å². The van der Waals surface area contributed by atoms with Crippen LogP contribution < -0.4 is 5.32 Å². The number of carbonyl (C=O) groups excluding carboxylic acids is 1. The second-order valence-electron chi connectivity index (χ2n) is 4.78. The molecule has 1 atom stereocenters. The van der Waals surface area contributed by atoms with Gasteiger partial charge < -0.3 is 10.2 Å². The number of thioether (sulfide) groups is 1. The summed E-state index contributed by atoms with van der Waals surface area (Å²) in [7, 11) is 1.84. The summed E-state index contributed by atoms with van der Waals surface area (Å²) in [4.78, 5) is 14.1. The van der Waals surface area contributed by atoms with Crippen LogP contribution in [-0.2, 0) is 4.79 Å². The van der Waals surface area contributed by atoms with Gasteiger partial charge in [0, 0.05) is 13.6 Å². The van der Waals surface area contributed by atoms with Crippen molar-refractivity contribution < 1.29 is 4.79 Å². The molecule has 0 aliphatic heterocycles. The highest BCUT2D eigenvalue weighted by Crippen LogP contribution is 2.26. The lowest BCUT2D eigenvalue weighted by molar-refractivity contribution is -0.128. The normalized spacial score (nSPS) is 12.0. The first-order valence-electron chi connectivity index (χ1n) is 7.12. The van der Waals surface area contributed by atoms with Gasteiger partial charge in [-0.25, -0.2) is 0 Å². The Labute approximate surface area is 139 Å². The number of benzene rings is 1. The number of hydrogen-bond acceptors (Lipinski definition) is 6. The van der Waals surface area contributed by atoms with Crippen LogP contribution in [-0.4, -0.2) is 40.3 Å². The van der Waals surface area contributed by atoms with Crippen molar-refractivity contribution in [3.8, 4) is 0 Å². The van der Waals surface area contributed by atoms with Crippen LogP contribution in [0.5, 0.6) is 0 Å². The molecular formula is C15H20N4OS2. The molecule has 1 aromatic carbocycles. The van der Waals surface area contributed by atoms with E-state index in [0.717, 1.165) is 21.6 Å². The van der Waals surface area contributed by atoms with Crippen LogP contribution in [0.1, 0.15) is 25.5 Å². The van der Waals surface area contributed by atoms with E-state index in [4.69, 9.17) is 0 Å². The van der Waals surface area contributed by atoms with Crippen molar-refractivity contribution >= 4 is 34.1 Å². The largest absolute Gasteiger partial charge is 0.360 e. The SMILES string of the molecule is CCNc1nnc(SCC(=O)N(C)[C@@H](C)c2ccccc2)s1. The van der Waals surface area contributed by atoms with E-state index in [-0.39, 0.29) is 11.9 Å². The Morgan fingerprint density at radius 1 is 1.36 bits per heavy atom. The van der Waals surface area contributed by atoms with Gasteiger partial charge in [-0.2, -0.15) is 0 Å². The van der Waals surface area contributed by atoms with Gasteiger partial charge in [0.15, 0.2) is 4.34 Å². The van der Waals surface area contributed by atoms with E-state index < -0.39 is 0 Å². The highest BCUT2D eigenvalue weighted by Gasteiger charge is 2.18. The topological polar surface area (TPSA) is 58.1 Å². The number of aromatic nitrogens is 2. The van der Waals surface area contributed by atoms with Gasteiger partial charge in [0.1, 0.15) is 0 Å². The quantitative estimate of drug-likeness (QED) is 0.786.